The van der Waals surface area contributed by atoms with Gasteiger partial charge in [-0.25, -0.2) is 0 Å². The number of nitrogens with zero attached hydrogens (tertiary/aromatic N) is 1. The van der Waals surface area contributed by atoms with E-state index < -0.39 is 6.04 Å². The van der Waals surface area contributed by atoms with Crippen molar-refractivity contribution in [1.29, 1.82) is 0 Å². The van der Waals surface area contributed by atoms with Crippen LogP contribution in [0.5, 0.6) is 0 Å². The molecule has 2 amide bonds. The summed E-state index contributed by atoms with van der Waals surface area (Å²) < 4.78 is 0. The summed E-state index contributed by atoms with van der Waals surface area (Å²) in [7, 11) is 0. The molecule has 4 nitrogen and oxygen atoms in total. The van der Waals surface area contributed by atoms with Gasteiger partial charge in [0.05, 0.1) is 5.69 Å². The number of unbranched alkanes of at least 4 members (excludes halogenated alkanes) is 4. The maximum Gasteiger partial charge on any atom is 0.254 e. The number of nitrogens with one attached hydrogen (secondary N) is 1. The Bertz CT molecular complexity index is 595. The van der Waals surface area contributed by atoms with Gasteiger partial charge in [-0.1, -0.05) is 50.3 Å². The molecule has 1 atom stereocenters. The average molecular weight is 316 g/mol. The van der Waals surface area contributed by atoms with Gasteiger partial charge in [0.1, 0.15) is 6.04 Å². The fourth-order valence-electron chi connectivity index (χ4n) is 3.42. The second kappa shape index (κ2) is 7.62. The van der Waals surface area contributed by atoms with Crippen LogP contribution in [-0.4, -0.2) is 18.4 Å². The van der Waals surface area contributed by atoms with Crippen molar-refractivity contribution < 1.29 is 9.59 Å². The molecule has 0 saturated carbocycles. The van der Waals surface area contributed by atoms with Crippen molar-refractivity contribution in [2.75, 3.05) is 11.4 Å². The first-order chi connectivity index (χ1) is 11.0. The highest BCUT2D eigenvalue weighted by atomic mass is 16.2. The lowest BCUT2D eigenvalue weighted by Gasteiger charge is -2.19. The van der Waals surface area contributed by atoms with Crippen molar-refractivity contribution >= 4 is 17.5 Å². The zero-order valence-corrected chi connectivity index (χ0v) is 14.7. The molecule has 0 bridgehead atoms. The molecule has 1 aromatic carbocycles. The Kier molecular flexibility index (Phi) is 5.80. The van der Waals surface area contributed by atoms with E-state index in [-0.39, 0.29) is 11.8 Å². The molecule has 1 aromatic rings. The molecule has 23 heavy (non-hydrogen) atoms. The fraction of sp³-hybridized carbons (Fsp3) is 0.579. The van der Waals surface area contributed by atoms with Crippen LogP contribution in [0.15, 0.2) is 12.1 Å². The Morgan fingerprint density at radius 1 is 1.17 bits per heavy atom. The van der Waals surface area contributed by atoms with Crippen LogP contribution < -0.4 is 10.2 Å². The smallest absolute Gasteiger partial charge is 0.254 e. The van der Waals surface area contributed by atoms with E-state index in [4.69, 9.17) is 0 Å². The number of hydrogen-bond donors (Lipinski definition) is 1. The number of aryl methyl sites for hydroxylation is 2. The second-order valence-corrected chi connectivity index (χ2v) is 6.56. The van der Waals surface area contributed by atoms with Gasteiger partial charge >= 0.3 is 0 Å². The molecule has 1 heterocycles. The van der Waals surface area contributed by atoms with Crippen LogP contribution in [0.4, 0.5) is 5.69 Å². The van der Waals surface area contributed by atoms with E-state index in [1.54, 1.807) is 0 Å². The quantitative estimate of drug-likeness (QED) is 0.778. The average Bonchev–Trinajstić information content (AvgIpc) is 2.72. The first kappa shape index (κ1) is 17.5. The minimum absolute atomic E-state index is 0.000563. The molecule has 4 heteroatoms. The van der Waals surface area contributed by atoms with Crippen LogP contribution in [0.25, 0.3) is 0 Å². The third-order valence-electron chi connectivity index (χ3n) is 4.40. The molecule has 1 unspecified atom stereocenters. The molecule has 1 N–H and O–H groups in total. The summed E-state index contributed by atoms with van der Waals surface area (Å²) in [6, 6.07) is 3.60. The van der Waals surface area contributed by atoms with E-state index in [0.717, 1.165) is 41.8 Å². The fourth-order valence-corrected chi connectivity index (χ4v) is 3.42. The first-order valence-corrected chi connectivity index (χ1v) is 8.65. The van der Waals surface area contributed by atoms with E-state index in [2.05, 4.69) is 18.3 Å². The summed E-state index contributed by atoms with van der Waals surface area (Å²) >= 11 is 0. The Morgan fingerprint density at radius 2 is 1.87 bits per heavy atom. The second-order valence-electron chi connectivity index (χ2n) is 6.56. The molecule has 0 fully saturated rings. The van der Waals surface area contributed by atoms with Crippen molar-refractivity contribution in [2.45, 2.75) is 65.8 Å². The molecule has 126 valence electrons. The number of amides is 2. The van der Waals surface area contributed by atoms with Crippen molar-refractivity contribution in [1.82, 2.24) is 5.32 Å². The summed E-state index contributed by atoms with van der Waals surface area (Å²) in [5.74, 6) is -0.169. The summed E-state index contributed by atoms with van der Waals surface area (Å²) in [6.07, 6.45) is 5.83. The van der Waals surface area contributed by atoms with Crippen LogP contribution in [0, 0.1) is 13.8 Å². The zero-order valence-electron chi connectivity index (χ0n) is 14.7. The molecular weight excluding hydrogens is 288 g/mol. The number of benzene rings is 1. The molecule has 0 spiro atoms. The Balaban J connectivity index is 2.20. The van der Waals surface area contributed by atoms with Crippen LogP contribution in [-0.2, 0) is 9.59 Å². The maximum atomic E-state index is 12.8. The lowest BCUT2D eigenvalue weighted by Crippen LogP contribution is -2.37. The number of carbonyl (C=O) groups excluding carboxylic acids is 2. The van der Waals surface area contributed by atoms with E-state index in [1.165, 1.54) is 26.2 Å². The maximum absolute atomic E-state index is 12.8. The van der Waals surface area contributed by atoms with E-state index in [0.29, 0.717) is 0 Å². The Morgan fingerprint density at radius 3 is 2.52 bits per heavy atom. The van der Waals surface area contributed by atoms with Gasteiger partial charge in [0, 0.05) is 19.0 Å². The van der Waals surface area contributed by atoms with Crippen molar-refractivity contribution in [3.8, 4) is 0 Å². The molecule has 0 aromatic heterocycles. The number of hydrogen-bond acceptors (Lipinski definition) is 2. The normalized spacial score (nSPS) is 16.6. The summed E-state index contributed by atoms with van der Waals surface area (Å²) in [5, 5.41) is 2.81. The predicted molar refractivity (Wildman–Crippen MR) is 93.6 cm³/mol. The first-order valence-electron chi connectivity index (χ1n) is 8.65. The molecule has 1 aliphatic rings. The van der Waals surface area contributed by atoms with E-state index in [1.807, 2.05) is 24.8 Å². The highest BCUT2D eigenvalue weighted by molar-refractivity contribution is 6.06. The molecule has 0 aliphatic carbocycles. The SMILES string of the molecule is CCCCCCCN1C(=O)C(NC(C)=O)c2cc(C)cc(C)c21. The summed E-state index contributed by atoms with van der Waals surface area (Å²) in [6.45, 7) is 8.46. The number of carbonyl (C=O) groups is 2. The van der Waals surface area contributed by atoms with Crippen LogP contribution >= 0.6 is 0 Å². The van der Waals surface area contributed by atoms with Gasteiger partial charge in [-0.2, -0.15) is 0 Å². The largest absolute Gasteiger partial charge is 0.341 e. The van der Waals surface area contributed by atoms with Crippen molar-refractivity contribution in [3.63, 3.8) is 0 Å². The molecule has 2 rings (SSSR count). The van der Waals surface area contributed by atoms with E-state index in [9.17, 15) is 9.59 Å². The van der Waals surface area contributed by atoms with Gasteiger partial charge in [0.25, 0.3) is 5.91 Å². The van der Waals surface area contributed by atoms with Gasteiger partial charge in [0.15, 0.2) is 0 Å². The molecule has 0 saturated heterocycles. The number of rotatable bonds is 7. The lowest BCUT2D eigenvalue weighted by atomic mass is 10.0. The van der Waals surface area contributed by atoms with Gasteiger partial charge in [0.2, 0.25) is 5.91 Å². The topological polar surface area (TPSA) is 49.4 Å². The Hall–Kier alpha value is -1.84. The minimum atomic E-state index is -0.531. The summed E-state index contributed by atoms with van der Waals surface area (Å²) in [4.78, 5) is 26.1. The summed E-state index contributed by atoms with van der Waals surface area (Å²) in [5.41, 5.74) is 4.16. The van der Waals surface area contributed by atoms with Crippen molar-refractivity contribution in [3.05, 3.63) is 28.8 Å². The predicted octanol–water partition coefficient (Wildman–Crippen LogP) is 3.80. The Labute approximate surface area is 139 Å². The minimum Gasteiger partial charge on any atom is -0.341 e. The molecule has 0 radical (unpaired) electrons. The van der Waals surface area contributed by atoms with Gasteiger partial charge < -0.3 is 10.2 Å². The highest BCUT2D eigenvalue weighted by Gasteiger charge is 2.38. The van der Waals surface area contributed by atoms with Crippen LogP contribution in [0.3, 0.4) is 0 Å². The molecule has 1 aliphatic heterocycles. The molecular formula is C19H28N2O2. The van der Waals surface area contributed by atoms with Gasteiger partial charge in [-0.3, -0.25) is 9.59 Å². The van der Waals surface area contributed by atoms with Crippen LogP contribution in [0.2, 0.25) is 0 Å². The zero-order chi connectivity index (χ0) is 17.0. The standard InChI is InChI=1S/C19H28N2O2/c1-5-6-7-8-9-10-21-18-14(3)11-13(2)12-16(18)17(19(21)23)20-15(4)22/h11-12,17H,5-10H2,1-4H3,(H,20,22). The highest BCUT2D eigenvalue weighted by Crippen LogP contribution is 2.39. The number of fused-ring (bicyclic) bond motifs is 1. The third-order valence-corrected chi connectivity index (χ3v) is 4.40. The van der Waals surface area contributed by atoms with Crippen LogP contribution in [0.1, 0.15) is 68.7 Å². The van der Waals surface area contributed by atoms with Crippen molar-refractivity contribution in [2.24, 2.45) is 0 Å². The van der Waals surface area contributed by atoms with E-state index >= 15 is 0 Å². The third kappa shape index (κ3) is 3.92. The lowest BCUT2D eigenvalue weighted by molar-refractivity contribution is -0.126. The monoisotopic (exact) mass is 316 g/mol. The number of anilines is 1. The van der Waals surface area contributed by atoms with Gasteiger partial charge in [-0.05, 0) is 25.8 Å². The van der Waals surface area contributed by atoms with Gasteiger partial charge in [-0.15, -0.1) is 0 Å².